The lowest BCUT2D eigenvalue weighted by molar-refractivity contribution is 0.505. The van der Waals surface area contributed by atoms with Crippen LogP contribution in [0.25, 0.3) is 0 Å². The minimum atomic E-state index is -3.31. The number of halogens is 1. The minimum absolute atomic E-state index is 0.000248. The van der Waals surface area contributed by atoms with E-state index in [0.29, 0.717) is 25.1 Å². The number of alkyl halides is 1. The molecule has 1 fully saturated rings. The Balaban J connectivity index is 2.44. The summed E-state index contributed by atoms with van der Waals surface area (Å²) in [6, 6.07) is -0.246. The third kappa shape index (κ3) is 4.99. The molecule has 1 saturated heterocycles. The summed E-state index contributed by atoms with van der Waals surface area (Å²) in [6.07, 6.45) is 1.13. The third-order valence-corrected chi connectivity index (χ3v) is 5.95. The Bertz CT molecular complexity index is 403. The normalized spacial score (nSPS) is 22.1. The molecule has 1 aliphatic rings. The Morgan fingerprint density at radius 3 is 2.31 bits per heavy atom. The van der Waals surface area contributed by atoms with E-state index in [-0.39, 0.29) is 23.3 Å². The molecule has 0 bridgehead atoms. The van der Waals surface area contributed by atoms with Gasteiger partial charge in [0, 0.05) is 11.9 Å². The second-order valence-electron chi connectivity index (χ2n) is 3.91. The van der Waals surface area contributed by atoms with E-state index < -0.39 is 19.9 Å². The molecular weight excluding hydrogens is 274 g/mol. The highest BCUT2D eigenvalue weighted by Crippen LogP contribution is 2.13. The van der Waals surface area contributed by atoms with Crippen molar-refractivity contribution in [3.8, 4) is 0 Å². The van der Waals surface area contributed by atoms with Crippen LogP contribution in [0.5, 0.6) is 0 Å². The van der Waals surface area contributed by atoms with Crippen molar-refractivity contribution >= 4 is 31.5 Å². The fraction of sp³-hybridized carbons (Fsp3) is 1.00. The van der Waals surface area contributed by atoms with Gasteiger partial charge in [0.2, 0.25) is 10.0 Å². The lowest BCUT2D eigenvalue weighted by Crippen LogP contribution is -2.41. The molecule has 0 saturated carbocycles. The topological polar surface area (TPSA) is 80.3 Å². The lowest BCUT2D eigenvalue weighted by atomic mass is 10.2. The van der Waals surface area contributed by atoms with Crippen molar-refractivity contribution in [2.24, 2.45) is 0 Å². The fourth-order valence-corrected chi connectivity index (χ4v) is 4.73. The molecule has 0 amide bonds. The van der Waals surface area contributed by atoms with E-state index in [2.05, 4.69) is 4.72 Å². The van der Waals surface area contributed by atoms with Crippen molar-refractivity contribution in [1.29, 1.82) is 0 Å². The average Bonchev–Trinajstić information content (AvgIpc) is 2.18. The van der Waals surface area contributed by atoms with Crippen molar-refractivity contribution < 1.29 is 16.8 Å². The van der Waals surface area contributed by atoms with Gasteiger partial charge in [-0.25, -0.2) is 21.6 Å². The van der Waals surface area contributed by atoms with Gasteiger partial charge in [0.15, 0.2) is 0 Å². The summed E-state index contributed by atoms with van der Waals surface area (Å²) >= 11 is 5.42. The van der Waals surface area contributed by atoms with Crippen LogP contribution in [0.1, 0.15) is 19.3 Å². The highest BCUT2D eigenvalue weighted by atomic mass is 35.5. The predicted octanol–water partition coefficient (Wildman–Crippen LogP) is 0.112. The zero-order valence-electron chi connectivity index (χ0n) is 8.85. The predicted molar refractivity (Wildman–Crippen MR) is 63.9 cm³/mol. The van der Waals surface area contributed by atoms with Crippen molar-refractivity contribution in [3.63, 3.8) is 0 Å². The van der Waals surface area contributed by atoms with Gasteiger partial charge in [0.05, 0.1) is 17.3 Å². The van der Waals surface area contributed by atoms with Crippen molar-refractivity contribution in [3.05, 3.63) is 0 Å². The fourth-order valence-electron chi connectivity index (χ4n) is 1.57. The molecule has 0 radical (unpaired) electrons. The van der Waals surface area contributed by atoms with E-state index in [4.69, 9.17) is 11.6 Å². The van der Waals surface area contributed by atoms with Gasteiger partial charge in [-0.3, -0.25) is 0 Å². The number of hydrogen-bond donors (Lipinski definition) is 1. The minimum Gasteiger partial charge on any atom is -0.229 e. The first-order chi connectivity index (χ1) is 7.35. The number of rotatable bonds is 5. The molecular formula is C8H16ClNO4S2. The van der Waals surface area contributed by atoms with Gasteiger partial charge in [-0.2, -0.15) is 0 Å². The van der Waals surface area contributed by atoms with Crippen LogP contribution >= 0.6 is 11.6 Å². The van der Waals surface area contributed by atoms with Crippen LogP contribution in [0.15, 0.2) is 0 Å². The van der Waals surface area contributed by atoms with Crippen LogP contribution in [0.2, 0.25) is 0 Å². The van der Waals surface area contributed by atoms with Gasteiger partial charge < -0.3 is 0 Å². The van der Waals surface area contributed by atoms with E-state index in [9.17, 15) is 16.8 Å². The first kappa shape index (κ1) is 14.2. The van der Waals surface area contributed by atoms with E-state index in [0.717, 1.165) is 0 Å². The maximum absolute atomic E-state index is 11.5. The van der Waals surface area contributed by atoms with Gasteiger partial charge in [0.1, 0.15) is 9.84 Å². The molecule has 1 rings (SSSR count). The van der Waals surface area contributed by atoms with Crippen molar-refractivity contribution in [1.82, 2.24) is 4.72 Å². The monoisotopic (exact) mass is 289 g/mol. The zero-order chi connectivity index (χ0) is 12.2. The SMILES string of the molecule is O=S1(=O)CCC(NS(=O)(=O)CCCCl)CC1. The molecule has 0 aromatic heterocycles. The summed E-state index contributed by atoms with van der Waals surface area (Å²) in [5, 5.41) is 0. The van der Waals surface area contributed by atoms with Crippen LogP contribution in [0.4, 0.5) is 0 Å². The standard InChI is InChI=1S/C8H16ClNO4S2/c9-4-1-5-16(13,14)10-8-2-6-15(11,12)7-3-8/h8,10H,1-7H2. The summed E-state index contributed by atoms with van der Waals surface area (Å²) < 4.78 is 47.8. The van der Waals surface area contributed by atoms with Crippen LogP contribution < -0.4 is 4.72 Å². The molecule has 16 heavy (non-hydrogen) atoms. The van der Waals surface area contributed by atoms with Crippen LogP contribution in [0.3, 0.4) is 0 Å². The van der Waals surface area contributed by atoms with Crippen LogP contribution in [-0.4, -0.2) is 46.0 Å². The van der Waals surface area contributed by atoms with E-state index in [1.54, 1.807) is 0 Å². The van der Waals surface area contributed by atoms with Crippen molar-refractivity contribution in [2.45, 2.75) is 25.3 Å². The highest BCUT2D eigenvalue weighted by Gasteiger charge is 2.26. The average molecular weight is 290 g/mol. The zero-order valence-corrected chi connectivity index (χ0v) is 11.2. The molecule has 96 valence electrons. The maximum atomic E-state index is 11.5. The van der Waals surface area contributed by atoms with E-state index in [1.807, 2.05) is 0 Å². The quantitative estimate of drug-likeness (QED) is 0.729. The molecule has 0 aromatic carbocycles. The second kappa shape index (κ2) is 5.66. The van der Waals surface area contributed by atoms with E-state index >= 15 is 0 Å². The Hall–Kier alpha value is 0.150. The van der Waals surface area contributed by atoms with Crippen LogP contribution in [-0.2, 0) is 19.9 Å². The number of hydrogen-bond acceptors (Lipinski definition) is 4. The molecule has 0 aliphatic carbocycles. The Morgan fingerprint density at radius 2 is 1.81 bits per heavy atom. The number of sulfone groups is 1. The summed E-state index contributed by atoms with van der Waals surface area (Å²) in [7, 11) is -6.25. The summed E-state index contributed by atoms with van der Waals surface area (Å²) in [5.74, 6) is 0.436. The Morgan fingerprint density at radius 1 is 1.25 bits per heavy atom. The smallest absolute Gasteiger partial charge is 0.211 e. The summed E-state index contributed by atoms with van der Waals surface area (Å²) in [4.78, 5) is 0. The summed E-state index contributed by atoms with van der Waals surface area (Å²) in [5.41, 5.74) is 0. The molecule has 5 nitrogen and oxygen atoms in total. The molecule has 1 aliphatic heterocycles. The molecule has 0 spiro atoms. The second-order valence-corrected chi connectivity index (χ2v) is 8.46. The molecule has 1 N–H and O–H groups in total. The summed E-state index contributed by atoms with van der Waals surface area (Å²) in [6.45, 7) is 0. The molecule has 1 heterocycles. The van der Waals surface area contributed by atoms with Crippen molar-refractivity contribution in [2.75, 3.05) is 23.1 Å². The van der Waals surface area contributed by atoms with Gasteiger partial charge in [-0.05, 0) is 19.3 Å². The third-order valence-electron chi connectivity index (χ3n) is 2.45. The molecule has 0 aromatic rings. The van der Waals surface area contributed by atoms with Crippen LogP contribution in [0, 0.1) is 0 Å². The molecule has 0 unspecified atom stereocenters. The van der Waals surface area contributed by atoms with E-state index in [1.165, 1.54) is 0 Å². The Labute approximate surface area is 102 Å². The Kier molecular flexibility index (Phi) is 5.03. The van der Waals surface area contributed by atoms with Gasteiger partial charge in [0.25, 0.3) is 0 Å². The first-order valence-corrected chi connectivity index (χ1v) is 9.12. The highest BCUT2D eigenvalue weighted by molar-refractivity contribution is 7.91. The first-order valence-electron chi connectivity index (χ1n) is 5.11. The molecule has 0 atom stereocenters. The number of nitrogens with one attached hydrogen (secondary N) is 1. The van der Waals surface area contributed by atoms with Gasteiger partial charge in [-0.1, -0.05) is 0 Å². The van der Waals surface area contributed by atoms with Gasteiger partial charge >= 0.3 is 0 Å². The maximum Gasteiger partial charge on any atom is 0.211 e. The van der Waals surface area contributed by atoms with Gasteiger partial charge in [-0.15, -0.1) is 11.6 Å². The largest absolute Gasteiger partial charge is 0.229 e. The lowest BCUT2D eigenvalue weighted by Gasteiger charge is -2.22. The molecule has 8 heteroatoms. The number of sulfonamides is 1.